The lowest BCUT2D eigenvalue weighted by molar-refractivity contribution is -0.274. The molecule has 0 N–H and O–H groups in total. The number of benzene rings is 1. The predicted octanol–water partition coefficient (Wildman–Crippen LogP) is 4.37. The molecule has 0 spiro atoms. The fraction of sp³-hybridized carbons (Fsp3) is 0.308. The zero-order valence-corrected chi connectivity index (χ0v) is 12.8. The maximum absolute atomic E-state index is 12.3. The molecule has 0 saturated carbocycles. The van der Waals surface area contributed by atoms with Gasteiger partial charge in [0.2, 0.25) is 0 Å². The Kier molecular flexibility index (Phi) is 6.43. The Morgan fingerprint density at radius 3 is 2.75 bits per heavy atom. The third kappa shape index (κ3) is 6.87. The van der Waals surface area contributed by atoms with Crippen molar-refractivity contribution in [1.29, 1.82) is 0 Å². The van der Waals surface area contributed by atoms with E-state index >= 15 is 0 Å². The van der Waals surface area contributed by atoms with E-state index in [-0.39, 0.29) is 16.4 Å². The molecule has 0 atom stereocenters. The van der Waals surface area contributed by atoms with Crippen LogP contribution in [0, 0.1) is 11.8 Å². The van der Waals surface area contributed by atoms with Crippen molar-refractivity contribution in [2.45, 2.75) is 19.7 Å². The molecule has 0 bridgehead atoms. The van der Waals surface area contributed by atoms with Crippen LogP contribution in [0.4, 0.5) is 13.2 Å². The van der Waals surface area contributed by atoms with Crippen molar-refractivity contribution in [3.63, 3.8) is 0 Å². The third-order valence-corrected chi connectivity index (χ3v) is 3.23. The summed E-state index contributed by atoms with van der Waals surface area (Å²) in [5.41, 5.74) is 0.151. The summed E-state index contributed by atoms with van der Waals surface area (Å²) in [4.78, 5) is 10.7. The molecule has 0 unspecified atom stereocenters. The van der Waals surface area contributed by atoms with Gasteiger partial charge in [-0.25, -0.2) is 0 Å². The molecule has 1 aromatic rings. The second kappa shape index (κ2) is 7.60. The van der Waals surface area contributed by atoms with E-state index in [1.165, 1.54) is 19.1 Å². The highest BCUT2D eigenvalue weighted by molar-refractivity contribution is 9.10. The molecular formula is C13H10BrF3O2S. The Hall–Kier alpha value is -1.13. The lowest BCUT2D eigenvalue weighted by atomic mass is 10.2. The third-order valence-electron chi connectivity index (χ3n) is 1.92. The number of hydrogen-bond acceptors (Lipinski definition) is 3. The number of alkyl halides is 3. The summed E-state index contributed by atoms with van der Waals surface area (Å²) in [6, 6.07) is 4.23. The quantitative estimate of drug-likeness (QED) is 0.586. The van der Waals surface area contributed by atoms with Crippen LogP contribution < -0.4 is 4.74 Å². The van der Waals surface area contributed by atoms with Crippen LogP contribution in [-0.4, -0.2) is 17.2 Å². The van der Waals surface area contributed by atoms with Crippen LogP contribution >= 0.6 is 27.7 Å². The van der Waals surface area contributed by atoms with E-state index in [2.05, 4.69) is 32.5 Å². The van der Waals surface area contributed by atoms with Crippen molar-refractivity contribution < 1.29 is 22.7 Å². The van der Waals surface area contributed by atoms with Crippen LogP contribution in [0.5, 0.6) is 5.75 Å². The number of carbonyl (C=O) groups is 1. The molecule has 7 heteroatoms. The minimum Gasteiger partial charge on any atom is -0.404 e. The van der Waals surface area contributed by atoms with Crippen LogP contribution in [0.3, 0.4) is 0 Å². The summed E-state index contributed by atoms with van der Waals surface area (Å²) in [5, 5.41) is -0.0171. The minimum absolute atomic E-state index is 0.0171. The molecule has 0 heterocycles. The smallest absolute Gasteiger partial charge is 0.404 e. The van der Waals surface area contributed by atoms with Crippen molar-refractivity contribution in [2.24, 2.45) is 0 Å². The summed E-state index contributed by atoms with van der Waals surface area (Å²) in [7, 11) is 0. The van der Waals surface area contributed by atoms with E-state index in [1.54, 1.807) is 6.07 Å². The highest BCUT2D eigenvalue weighted by atomic mass is 79.9. The van der Waals surface area contributed by atoms with Crippen LogP contribution in [0.1, 0.15) is 18.9 Å². The number of thioether (sulfide) groups is 1. The molecule has 2 nitrogen and oxygen atoms in total. The maximum Gasteiger partial charge on any atom is 0.573 e. The van der Waals surface area contributed by atoms with E-state index in [0.717, 1.165) is 11.8 Å². The molecule has 0 amide bonds. The standard InChI is InChI=1S/C13H10BrF3O2S/c1-9(18)20-7-3-2-4-10-5-6-11(14)8-12(10)19-13(15,16)17/h5-6,8H,3,7H2,1H3. The number of hydrogen-bond donors (Lipinski definition) is 0. The summed E-state index contributed by atoms with van der Waals surface area (Å²) < 4.78 is 41.2. The van der Waals surface area contributed by atoms with Gasteiger partial charge >= 0.3 is 6.36 Å². The maximum atomic E-state index is 12.3. The molecule has 0 fully saturated rings. The van der Waals surface area contributed by atoms with Gasteiger partial charge in [-0.1, -0.05) is 39.5 Å². The molecular weight excluding hydrogens is 357 g/mol. The largest absolute Gasteiger partial charge is 0.573 e. The van der Waals surface area contributed by atoms with Gasteiger partial charge in [0, 0.05) is 23.6 Å². The van der Waals surface area contributed by atoms with Gasteiger partial charge in [-0.15, -0.1) is 13.2 Å². The topological polar surface area (TPSA) is 26.3 Å². The van der Waals surface area contributed by atoms with Gasteiger partial charge in [-0.3, -0.25) is 4.79 Å². The number of ether oxygens (including phenoxy) is 1. The first-order valence-electron chi connectivity index (χ1n) is 5.45. The molecule has 0 aliphatic rings. The van der Waals surface area contributed by atoms with Crippen LogP contribution in [0.15, 0.2) is 22.7 Å². The summed E-state index contributed by atoms with van der Waals surface area (Å²) in [5.74, 6) is 5.49. The molecule has 0 aliphatic carbocycles. The normalized spacial score (nSPS) is 10.7. The first kappa shape index (κ1) is 16.9. The zero-order valence-electron chi connectivity index (χ0n) is 10.4. The summed E-state index contributed by atoms with van der Waals surface area (Å²) in [6.07, 6.45) is -4.35. The minimum atomic E-state index is -4.76. The van der Waals surface area contributed by atoms with E-state index < -0.39 is 6.36 Å². The fourth-order valence-corrected chi connectivity index (χ4v) is 2.04. The van der Waals surface area contributed by atoms with Gasteiger partial charge in [0.25, 0.3) is 0 Å². The molecule has 1 aromatic carbocycles. The molecule has 20 heavy (non-hydrogen) atoms. The second-order valence-corrected chi connectivity index (χ2v) is 5.77. The first-order chi connectivity index (χ1) is 9.28. The Morgan fingerprint density at radius 1 is 1.45 bits per heavy atom. The van der Waals surface area contributed by atoms with E-state index in [9.17, 15) is 18.0 Å². The highest BCUT2D eigenvalue weighted by Gasteiger charge is 2.32. The van der Waals surface area contributed by atoms with Crippen molar-refractivity contribution >= 4 is 32.8 Å². The SMILES string of the molecule is CC(=O)SCCC#Cc1ccc(Br)cc1OC(F)(F)F. The van der Waals surface area contributed by atoms with Gasteiger partial charge in [0.15, 0.2) is 5.12 Å². The lowest BCUT2D eigenvalue weighted by Crippen LogP contribution is -2.17. The Bertz CT molecular complexity index is 547. The zero-order chi connectivity index (χ0) is 15.2. The number of rotatable bonds is 3. The van der Waals surface area contributed by atoms with Crippen molar-refractivity contribution in [3.05, 3.63) is 28.2 Å². The molecule has 0 radical (unpaired) electrons. The van der Waals surface area contributed by atoms with E-state index in [0.29, 0.717) is 16.6 Å². The number of halogens is 4. The number of carbonyl (C=O) groups excluding carboxylic acids is 1. The second-order valence-electron chi connectivity index (χ2n) is 3.58. The monoisotopic (exact) mass is 366 g/mol. The lowest BCUT2D eigenvalue weighted by Gasteiger charge is -2.10. The average Bonchev–Trinajstić information content (AvgIpc) is 2.28. The van der Waals surface area contributed by atoms with E-state index in [4.69, 9.17) is 0 Å². The van der Waals surface area contributed by atoms with Gasteiger partial charge in [0.05, 0.1) is 5.56 Å². The van der Waals surface area contributed by atoms with Crippen molar-refractivity contribution in [1.82, 2.24) is 0 Å². The molecule has 1 rings (SSSR count). The Balaban J connectivity index is 2.79. The Labute approximate surface area is 127 Å². The average molecular weight is 367 g/mol. The van der Waals surface area contributed by atoms with Gasteiger partial charge in [-0.05, 0) is 18.2 Å². The molecule has 108 valence electrons. The first-order valence-corrected chi connectivity index (χ1v) is 7.23. The van der Waals surface area contributed by atoms with E-state index in [1.807, 2.05) is 0 Å². The fourth-order valence-electron chi connectivity index (χ4n) is 1.21. The Morgan fingerprint density at radius 2 is 2.15 bits per heavy atom. The summed E-state index contributed by atoms with van der Waals surface area (Å²) >= 11 is 4.20. The van der Waals surface area contributed by atoms with Gasteiger partial charge in [0.1, 0.15) is 5.75 Å². The predicted molar refractivity (Wildman–Crippen MR) is 75.5 cm³/mol. The molecule has 0 saturated heterocycles. The van der Waals surface area contributed by atoms with Crippen molar-refractivity contribution in [2.75, 3.05) is 5.75 Å². The molecule has 0 aliphatic heterocycles. The van der Waals surface area contributed by atoms with Crippen molar-refractivity contribution in [3.8, 4) is 17.6 Å². The van der Waals surface area contributed by atoms with Gasteiger partial charge in [-0.2, -0.15) is 0 Å². The highest BCUT2D eigenvalue weighted by Crippen LogP contribution is 2.28. The van der Waals surface area contributed by atoms with Crippen LogP contribution in [0.25, 0.3) is 0 Å². The van der Waals surface area contributed by atoms with Gasteiger partial charge < -0.3 is 4.74 Å². The molecule has 0 aromatic heterocycles. The van der Waals surface area contributed by atoms with Crippen LogP contribution in [-0.2, 0) is 4.79 Å². The summed E-state index contributed by atoms with van der Waals surface area (Å²) in [6.45, 7) is 1.45. The van der Waals surface area contributed by atoms with Crippen LogP contribution in [0.2, 0.25) is 0 Å².